The molecule has 0 aromatic carbocycles. The van der Waals surface area contributed by atoms with Crippen LogP contribution >= 0.6 is 11.8 Å². The maximum Gasteiger partial charge on any atom is 0.313 e. The lowest BCUT2D eigenvalue weighted by Crippen LogP contribution is -2.34. The number of amides is 2. The van der Waals surface area contributed by atoms with Gasteiger partial charge >= 0.3 is 5.97 Å². The minimum absolute atomic E-state index is 0.0125. The van der Waals surface area contributed by atoms with Gasteiger partial charge in [0, 0.05) is 26.1 Å². The number of rotatable bonds is 9. The molecule has 104 valence electrons. The molecule has 0 fully saturated rings. The summed E-state index contributed by atoms with van der Waals surface area (Å²) in [4.78, 5) is 34.8. The molecule has 0 bridgehead atoms. The molecule has 6 nitrogen and oxygen atoms in total. The topological polar surface area (TPSA) is 86.7 Å². The van der Waals surface area contributed by atoms with Crippen molar-refractivity contribution in [3.63, 3.8) is 0 Å². The van der Waals surface area contributed by atoms with Crippen molar-refractivity contribution >= 4 is 29.5 Å². The van der Waals surface area contributed by atoms with Crippen LogP contribution in [0.2, 0.25) is 0 Å². The summed E-state index contributed by atoms with van der Waals surface area (Å²) in [5.74, 6) is -1.16. The molecule has 2 N–H and O–H groups in total. The Bertz CT molecular complexity index is 293. The van der Waals surface area contributed by atoms with Crippen LogP contribution in [0.3, 0.4) is 0 Å². The summed E-state index contributed by atoms with van der Waals surface area (Å²) >= 11 is 1.04. The largest absolute Gasteiger partial charge is 0.481 e. The van der Waals surface area contributed by atoms with Gasteiger partial charge in [0.2, 0.25) is 11.8 Å². The molecule has 0 atom stereocenters. The summed E-state index contributed by atoms with van der Waals surface area (Å²) in [6.45, 7) is 5.43. The van der Waals surface area contributed by atoms with Crippen LogP contribution < -0.4 is 5.32 Å². The van der Waals surface area contributed by atoms with Crippen LogP contribution in [-0.4, -0.2) is 58.9 Å². The number of hydrogen-bond acceptors (Lipinski definition) is 4. The highest BCUT2D eigenvalue weighted by atomic mass is 32.2. The number of carboxylic acid groups (broad SMARTS) is 1. The second kappa shape index (κ2) is 9.76. The van der Waals surface area contributed by atoms with Crippen molar-refractivity contribution in [2.75, 3.05) is 31.1 Å². The fourth-order valence-corrected chi connectivity index (χ4v) is 1.89. The Morgan fingerprint density at radius 2 is 1.78 bits per heavy atom. The second-order valence-electron chi connectivity index (χ2n) is 3.55. The van der Waals surface area contributed by atoms with E-state index in [-0.39, 0.29) is 29.7 Å². The first-order valence-corrected chi connectivity index (χ1v) is 7.00. The summed E-state index contributed by atoms with van der Waals surface area (Å²) in [5.41, 5.74) is 0. The number of hydrogen-bond donors (Lipinski definition) is 2. The van der Waals surface area contributed by atoms with E-state index in [1.165, 1.54) is 0 Å². The van der Waals surface area contributed by atoms with Crippen molar-refractivity contribution < 1.29 is 19.5 Å². The smallest absolute Gasteiger partial charge is 0.313 e. The van der Waals surface area contributed by atoms with Gasteiger partial charge in [0.05, 0.1) is 11.5 Å². The SMILES string of the molecule is CCN(CC)C(=O)CCNC(=O)CSCC(=O)O. The van der Waals surface area contributed by atoms with E-state index in [2.05, 4.69) is 5.32 Å². The van der Waals surface area contributed by atoms with E-state index in [4.69, 9.17) is 5.11 Å². The number of aliphatic carboxylic acids is 1. The van der Waals surface area contributed by atoms with E-state index in [1.54, 1.807) is 4.90 Å². The fraction of sp³-hybridized carbons (Fsp3) is 0.727. The summed E-state index contributed by atoms with van der Waals surface area (Å²) < 4.78 is 0. The minimum atomic E-state index is -0.940. The van der Waals surface area contributed by atoms with Crippen molar-refractivity contribution in [2.45, 2.75) is 20.3 Å². The van der Waals surface area contributed by atoms with Crippen molar-refractivity contribution in [1.29, 1.82) is 0 Å². The first-order chi connectivity index (χ1) is 8.51. The van der Waals surface area contributed by atoms with Gasteiger partial charge in [0.1, 0.15) is 0 Å². The van der Waals surface area contributed by atoms with Crippen LogP contribution in [0.25, 0.3) is 0 Å². The van der Waals surface area contributed by atoms with Gasteiger partial charge in [-0.15, -0.1) is 11.8 Å². The summed E-state index contributed by atoms with van der Waals surface area (Å²) in [6, 6.07) is 0. The summed E-state index contributed by atoms with van der Waals surface area (Å²) in [5, 5.41) is 11.0. The lowest BCUT2D eigenvalue weighted by molar-refractivity contribution is -0.134. The zero-order valence-corrected chi connectivity index (χ0v) is 11.6. The molecule has 0 aromatic rings. The van der Waals surface area contributed by atoms with Crippen LogP contribution in [0.1, 0.15) is 20.3 Å². The van der Waals surface area contributed by atoms with E-state index in [9.17, 15) is 14.4 Å². The molecule has 0 spiro atoms. The van der Waals surface area contributed by atoms with E-state index in [0.29, 0.717) is 19.6 Å². The van der Waals surface area contributed by atoms with E-state index in [0.717, 1.165) is 11.8 Å². The molecule has 0 rings (SSSR count). The Kier molecular flexibility index (Phi) is 9.08. The highest BCUT2D eigenvalue weighted by Crippen LogP contribution is 1.98. The number of carbonyl (C=O) groups excluding carboxylic acids is 2. The molecule has 0 aliphatic rings. The van der Waals surface area contributed by atoms with Gasteiger partial charge in [-0.3, -0.25) is 14.4 Å². The first kappa shape index (κ1) is 16.8. The normalized spacial score (nSPS) is 9.89. The fourth-order valence-electron chi connectivity index (χ4n) is 1.33. The van der Waals surface area contributed by atoms with Gasteiger partial charge in [-0.25, -0.2) is 0 Å². The maximum absolute atomic E-state index is 11.6. The van der Waals surface area contributed by atoms with Crippen LogP contribution in [0, 0.1) is 0 Å². The second-order valence-corrected chi connectivity index (χ2v) is 4.54. The molecule has 0 radical (unpaired) electrons. The Labute approximate surface area is 111 Å². The Morgan fingerprint density at radius 3 is 2.28 bits per heavy atom. The van der Waals surface area contributed by atoms with Crippen LogP contribution in [-0.2, 0) is 14.4 Å². The number of nitrogens with zero attached hydrogens (tertiary/aromatic N) is 1. The molecule has 0 aliphatic carbocycles. The van der Waals surface area contributed by atoms with Crippen LogP contribution in [0.4, 0.5) is 0 Å². The molecule has 0 saturated carbocycles. The molecule has 0 saturated heterocycles. The molecular weight excluding hydrogens is 256 g/mol. The van der Waals surface area contributed by atoms with Crippen LogP contribution in [0.15, 0.2) is 0 Å². The van der Waals surface area contributed by atoms with E-state index >= 15 is 0 Å². The molecule has 0 aromatic heterocycles. The molecule has 0 heterocycles. The Balaban J connectivity index is 3.67. The molecule has 2 amide bonds. The quantitative estimate of drug-likeness (QED) is 0.627. The third-order valence-electron chi connectivity index (χ3n) is 2.24. The number of carboxylic acids is 1. The van der Waals surface area contributed by atoms with Crippen molar-refractivity contribution in [2.24, 2.45) is 0 Å². The van der Waals surface area contributed by atoms with E-state index in [1.807, 2.05) is 13.8 Å². The summed E-state index contributed by atoms with van der Waals surface area (Å²) in [6.07, 6.45) is 0.275. The van der Waals surface area contributed by atoms with Gasteiger partial charge in [0.25, 0.3) is 0 Å². The van der Waals surface area contributed by atoms with Crippen LogP contribution in [0.5, 0.6) is 0 Å². The maximum atomic E-state index is 11.6. The van der Waals surface area contributed by atoms with Gasteiger partial charge in [-0.1, -0.05) is 0 Å². The summed E-state index contributed by atoms with van der Waals surface area (Å²) in [7, 11) is 0. The van der Waals surface area contributed by atoms with Gasteiger partial charge in [-0.2, -0.15) is 0 Å². The standard InChI is InChI=1S/C11H20N2O4S/c1-3-13(4-2)10(15)5-6-12-9(14)7-18-8-11(16)17/h3-8H2,1-2H3,(H,12,14)(H,16,17). The monoisotopic (exact) mass is 276 g/mol. The first-order valence-electron chi connectivity index (χ1n) is 5.85. The van der Waals surface area contributed by atoms with Gasteiger partial charge in [0.15, 0.2) is 0 Å². The van der Waals surface area contributed by atoms with Crippen molar-refractivity contribution in [3.05, 3.63) is 0 Å². The highest BCUT2D eigenvalue weighted by Gasteiger charge is 2.09. The molecule has 0 unspecified atom stereocenters. The van der Waals surface area contributed by atoms with Crippen molar-refractivity contribution in [3.8, 4) is 0 Å². The number of thioether (sulfide) groups is 1. The van der Waals surface area contributed by atoms with E-state index < -0.39 is 5.97 Å². The predicted octanol–water partition coefficient (Wildman–Crippen LogP) is 0.179. The van der Waals surface area contributed by atoms with Gasteiger partial charge in [-0.05, 0) is 13.8 Å². The molecule has 7 heteroatoms. The third-order valence-corrected chi connectivity index (χ3v) is 3.15. The average Bonchev–Trinajstić information content (AvgIpc) is 2.30. The van der Waals surface area contributed by atoms with Gasteiger partial charge < -0.3 is 15.3 Å². The number of nitrogens with one attached hydrogen (secondary N) is 1. The average molecular weight is 276 g/mol. The molecular formula is C11H20N2O4S. The zero-order valence-electron chi connectivity index (χ0n) is 10.8. The highest BCUT2D eigenvalue weighted by molar-refractivity contribution is 8.00. The number of carbonyl (C=O) groups is 3. The third kappa shape index (κ3) is 7.94. The predicted molar refractivity (Wildman–Crippen MR) is 70.5 cm³/mol. The lowest BCUT2D eigenvalue weighted by Gasteiger charge is -2.18. The Morgan fingerprint density at radius 1 is 1.17 bits per heavy atom. The van der Waals surface area contributed by atoms with Crippen molar-refractivity contribution in [1.82, 2.24) is 10.2 Å². The Hall–Kier alpha value is -1.24. The zero-order chi connectivity index (χ0) is 14.0. The molecule has 18 heavy (non-hydrogen) atoms. The minimum Gasteiger partial charge on any atom is -0.481 e. The lowest BCUT2D eigenvalue weighted by atomic mass is 10.3. The molecule has 0 aliphatic heterocycles.